The summed E-state index contributed by atoms with van der Waals surface area (Å²) in [6.45, 7) is 0.189. The zero-order valence-electron chi connectivity index (χ0n) is 13.8. The number of ether oxygens (including phenoxy) is 1. The van der Waals surface area contributed by atoms with Gasteiger partial charge in [-0.15, -0.1) is 0 Å². The van der Waals surface area contributed by atoms with E-state index < -0.39 is 5.43 Å². The third-order valence-electron chi connectivity index (χ3n) is 4.40. The number of benzene rings is 2. The topological polar surface area (TPSA) is 50.1 Å². The Labute approximate surface area is 153 Å². The maximum atomic E-state index is 11.0. The molecule has 1 unspecified atom stereocenters. The zero-order valence-corrected chi connectivity index (χ0v) is 14.6. The lowest BCUT2D eigenvalue weighted by Gasteiger charge is -2.24. The quantitative estimate of drug-likeness (QED) is 0.581. The number of carbonyl (C=O) groups excluding carboxylic acids is 1. The minimum absolute atomic E-state index is 0. The minimum Gasteiger partial charge on any atom is -0.453 e. The molecule has 0 aliphatic heterocycles. The van der Waals surface area contributed by atoms with Gasteiger partial charge in [0.1, 0.15) is 12.3 Å². The van der Waals surface area contributed by atoms with E-state index in [1.54, 1.807) is 6.07 Å². The van der Waals surface area contributed by atoms with Crippen molar-refractivity contribution in [2.75, 3.05) is 27.7 Å². The van der Waals surface area contributed by atoms with E-state index in [9.17, 15) is 10.1 Å². The molecule has 0 N–H and O–H groups in total. The normalized spacial score (nSPS) is 14.8. The number of rotatable bonds is 3. The van der Waals surface area contributed by atoms with Crippen LogP contribution >= 0.6 is 11.6 Å². The average Bonchev–Trinajstić information content (AvgIpc) is 2.84. The highest BCUT2D eigenvalue weighted by atomic mass is 35.5. The van der Waals surface area contributed by atoms with E-state index in [0.29, 0.717) is 10.0 Å². The highest BCUT2D eigenvalue weighted by Crippen LogP contribution is 2.46. The summed E-state index contributed by atoms with van der Waals surface area (Å²) in [6.07, 6.45) is 0. The van der Waals surface area contributed by atoms with E-state index >= 15 is 0 Å². The van der Waals surface area contributed by atoms with Crippen molar-refractivity contribution in [2.45, 2.75) is 13.3 Å². The number of nitrogens with zero attached hydrogens (tertiary/aromatic N) is 2. The third kappa shape index (κ3) is 3.53. The number of hydrogen-bond donors (Lipinski definition) is 0. The number of fused-ring (bicyclic) bond motifs is 3. The van der Waals surface area contributed by atoms with Gasteiger partial charge in [-0.2, -0.15) is 5.26 Å². The summed E-state index contributed by atoms with van der Waals surface area (Å²) in [7, 11) is 6.31. The molecule has 0 aromatic heterocycles. The van der Waals surface area contributed by atoms with Crippen molar-refractivity contribution >= 4 is 22.7 Å². The van der Waals surface area contributed by atoms with E-state index in [-0.39, 0.29) is 20.0 Å². The molecule has 3 rings (SSSR count). The number of halogens is 1. The molecule has 5 heteroatoms. The predicted molar refractivity (Wildman–Crippen MR) is 102 cm³/mol. The Bertz CT molecular complexity index is 863. The second-order valence-corrected chi connectivity index (χ2v) is 7.11. The summed E-state index contributed by atoms with van der Waals surface area (Å²) in [5.74, 6) is -0.0723. The summed E-state index contributed by atoms with van der Waals surface area (Å²) < 4.78 is 5.77. The predicted octanol–water partition coefficient (Wildman–Crippen LogP) is 4.88. The van der Waals surface area contributed by atoms with E-state index in [1.807, 2.05) is 12.1 Å². The van der Waals surface area contributed by atoms with Crippen LogP contribution in [0, 0.1) is 11.3 Å². The van der Waals surface area contributed by atoms with Gasteiger partial charge in [-0.05, 0) is 46.5 Å². The van der Waals surface area contributed by atoms with Gasteiger partial charge in [0.2, 0.25) is 0 Å². The summed E-state index contributed by atoms with van der Waals surface area (Å²) in [5, 5.41) is 9.17. The first-order valence-electron chi connectivity index (χ1n) is 7.64. The number of nitriles is 1. The van der Waals surface area contributed by atoms with Crippen LogP contribution in [0.25, 0.3) is 11.1 Å². The number of hydrogen-bond acceptors (Lipinski definition) is 3. The number of carbonyl (C=O) groups is 1. The lowest BCUT2D eigenvalue weighted by Crippen LogP contribution is -2.34. The lowest BCUT2D eigenvalue weighted by molar-refractivity contribution is 0.170. The minimum atomic E-state index is -0.804. The van der Waals surface area contributed by atoms with Gasteiger partial charge in [-0.1, -0.05) is 13.5 Å². The van der Waals surface area contributed by atoms with Crippen LogP contribution in [0.4, 0.5) is 10.5 Å². The Kier molecular flexibility index (Phi) is 5.22. The van der Waals surface area contributed by atoms with Crippen molar-refractivity contribution in [1.82, 2.24) is 4.48 Å². The van der Waals surface area contributed by atoms with Gasteiger partial charge in [-0.25, -0.2) is 4.79 Å². The summed E-state index contributed by atoms with van der Waals surface area (Å²) >= 11 is 5.35. The summed E-state index contributed by atoms with van der Waals surface area (Å²) in [5.41, 5.74) is 5.22. The van der Waals surface area contributed by atoms with Crippen molar-refractivity contribution in [3.63, 3.8) is 0 Å². The molecule has 0 amide bonds. The fourth-order valence-corrected chi connectivity index (χ4v) is 3.22. The van der Waals surface area contributed by atoms with Gasteiger partial charge in [0.05, 0.1) is 32.8 Å². The lowest BCUT2D eigenvalue weighted by atomic mass is 9.97. The second kappa shape index (κ2) is 6.87. The van der Waals surface area contributed by atoms with Crippen LogP contribution in [0.1, 0.15) is 30.0 Å². The van der Waals surface area contributed by atoms with Gasteiger partial charge in [-0.3, -0.25) is 4.48 Å². The molecule has 0 fully saturated rings. The molecule has 1 aliphatic carbocycles. The van der Waals surface area contributed by atoms with Gasteiger partial charge < -0.3 is 4.74 Å². The fraction of sp³-hybridized carbons (Fsp3) is 0.300. The Morgan fingerprint density at radius 2 is 1.88 bits per heavy atom. The Hall–Kier alpha value is -2.35. The second-order valence-electron chi connectivity index (χ2n) is 6.80. The molecule has 0 radical (unpaired) electrons. The number of quaternary nitrogens is 1. The van der Waals surface area contributed by atoms with Crippen molar-refractivity contribution in [2.24, 2.45) is 0 Å². The van der Waals surface area contributed by atoms with Crippen molar-refractivity contribution in [3.8, 4) is 17.2 Å². The van der Waals surface area contributed by atoms with Crippen molar-refractivity contribution < 1.29 is 9.53 Å². The van der Waals surface area contributed by atoms with E-state index in [0.717, 1.165) is 27.9 Å². The van der Waals surface area contributed by atoms with Crippen molar-refractivity contribution in [1.29, 1.82) is 5.26 Å². The van der Waals surface area contributed by atoms with Gasteiger partial charge in [0.15, 0.2) is 0 Å². The first kappa shape index (κ1) is 19.0. The van der Waals surface area contributed by atoms with Crippen LogP contribution in [0.15, 0.2) is 36.4 Å². The monoisotopic (exact) mass is 357 g/mol. The molecule has 0 spiro atoms. The first-order chi connectivity index (χ1) is 11.3. The molecule has 0 bridgehead atoms. The molecule has 2 aromatic carbocycles. The van der Waals surface area contributed by atoms with Gasteiger partial charge >= 0.3 is 5.43 Å². The van der Waals surface area contributed by atoms with Crippen LogP contribution in [0.5, 0.6) is 0 Å². The zero-order chi connectivity index (χ0) is 17.5. The van der Waals surface area contributed by atoms with E-state index in [4.69, 9.17) is 16.3 Å². The third-order valence-corrected chi connectivity index (χ3v) is 4.51. The standard InChI is InChI=1S/C19H18ClN2O2.CH4/c1-22(2,3)13-5-7-14-16-8-12(10-21)4-6-15(16)18(17(14)9-13)11-24-19(20)23;/h4-9,18H,11H2,1-3H3;1H4/q+1;. The van der Waals surface area contributed by atoms with Crippen LogP contribution < -0.4 is 4.48 Å². The highest BCUT2D eigenvalue weighted by Gasteiger charge is 2.31. The average molecular weight is 358 g/mol. The Morgan fingerprint density at radius 1 is 1.16 bits per heavy atom. The fourth-order valence-electron chi connectivity index (χ4n) is 3.16. The molecule has 4 nitrogen and oxygen atoms in total. The maximum absolute atomic E-state index is 11.0. The first-order valence-corrected chi connectivity index (χ1v) is 8.01. The molecular weight excluding hydrogens is 336 g/mol. The van der Waals surface area contributed by atoms with Crippen LogP contribution in [-0.4, -0.2) is 33.2 Å². The maximum Gasteiger partial charge on any atom is 0.403 e. The van der Waals surface area contributed by atoms with Gasteiger partial charge in [0, 0.05) is 23.6 Å². The van der Waals surface area contributed by atoms with Crippen LogP contribution in [0.3, 0.4) is 0 Å². The molecule has 2 aromatic rings. The molecule has 1 atom stereocenters. The summed E-state index contributed by atoms with van der Waals surface area (Å²) in [4.78, 5) is 11.0. The molecule has 0 saturated heterocycles. The van der Waals surface area contributed by atoms with E-state index in [2.05, 4.69) is 45.4 Å². The van der Waals surface area contributed by atoms with Crippen molar-refractivity contribution in [3.05, 3.63) is 53.1 Å². The SMILES string of the molecule is C.C[N+](C)(C)c1ccc2c(c1)C(COC(=O)Cl)c1ccc(C#N)cc1-2. The Balaban J connectivity index is 0.00000225. The highest BCUT2D eigenvalue weighted by molar-refractivity contribution is 6.61. The van der Waals surface area contributed by atoms with Gasteiger partial charge in [0.25, 0.3) is 0 Å². The molecule has 25 heavy (non-hydrogen) atoms. The molecule has 1 aliphatic rings. The summed E-state index contributed by atoms with van der Waals surface area (Å²) in [6, 6.07) is 14.1. The Morgan fingerprint density at radius 3 is 2.48 bits per heavy atom. The van der Waals surface area contributed by atoms with Crippen LogP contribution in [-0.2, 0) is 4.74 Å². The van der Waals surface area contributed by atoms with Crippen LogP contribution in [0.2, 0.25) is 0 Å². The largest absolute Gasteiger partial charge is 0.453 e. The molecule has 0 saturated carbocycles. The van der Waals surface area contributed by atoms with E-state index in [1.165, 1.54) is 0 Å². The molecular formula is C20H22ClN2O2+. The smallest absolute Gasteiger partial charge is 0.403 e. The molecule has 130 valence electrons. The molecule has 0 heterocycles.